The fourth-order valence-electron chi connectivity index (χ4n) is 3.92. The average Bonchev–Trinajstić information content (AvgIpc) is 3.42. The second kappa shape index (κ2) is 8.33. The SMILES string of the molecule is O=C(c1cccs1)N1CCN(C(=O)[C@@H]2CC(=O)N(c3cccc(C(F)(F)F)c3)C2)CC1. The van der Waals surface area contributed by atoms with Crippen molar-refractivity contribution in [3.8, 4) is 0 Å². The number of hydrogen-bond acceptors (Lipinski definition) is 4. The van der Waals surface area contributed by atoms with Gasteiger partial charge in [-0.3, -0.25) is 14.4 Å². The summed E-state index contributed by atoms with van der Waals surface area (Å²) in [6, 6.07) is 8.14. The minimum atomic E-state index is -4.51. The fourth-order valence-corrected chi connectivity index (χ4v) is 4.61. The van der Waals surface area contributed by atoms with Crippen LogP contribution in [0.5, 0.6) is 0 Å². The predicted molar refractivity (Wildman–Crippen MR) is 109 cm³/mol. The van der Waals surface area contributed by atoms with Gasteiger partial charge in [0.1, 0.15) is 0 Å². The molecule has 1 atom stereocenters. The van der Waals surface area contributed by atoms with Gasteiger partial charge in [-0.05, 0) is 29.6 Å². The van der Waals surface area contributed by atoms with Crippen LogP contribution in [0, 0.1) is 5.92 Å². The van der Waals surface area contributed by atoms with Gasteiger partial charge in [0.15, 0.2) is 0 Å². The summed E-state index contributed by atoms with van der Waals surface area (Å²) in [5, 5.41) is 1.83. The third-order valence-electron chi connectivity index (χ3n) is 5.57. The molecule has 4 rings (SSSR count). The lowest BCUT2D eigenvalue weighted by Crippen LogP contribution is -2.52. The summed E-state index contributed by atoms with van der Waals surface area (Å²) in [5.74, 6) is -1.24. The van der Waals surface area contributed by atoms with Crippen molar-refractivity contribution in [3.05, 3.63) is 52.2 Å². The minimum Gasteiger partial charge on any atom is -0.339 e. The molecule has 1 aromatic heterocycles. The molecule has 2 aromatic rings. The molecule has 0 radical (unpaired) electrons. The molecule has 164 valence electrons. The fraction of sp³-hybridized carbons (Fsp3) is 0.381. The van der Waals surface area contributed by atoms with Crippen LogP contribution >= 0.6 is 11.3 Å². The summed E-state index contributed by atoms with van der Waals surface area (Å²) in [4.78, 5) is 43.0. The van der Waals surface area contributed by atoms with Crippen molar-refractivity contribution < 1.29 is 27.6 Å². The third kappa shape index (κ3) is 4.43. The van der Waals surface area contributed by atoms with E-state index in [0.717, 1.165) is 12.1 Å². The van der Waals surface area contributed by atoms with E-state index in [-0.39, 0.29) is 36.4 Å². The molecule has 0 spiro atoms. The van der Waals surface area contributed by atoms with Crippen LogP contribution in [0.4, 0.5) is 18.9 Å². The first kappa shape index (κ1) is 21.4. The van der Waals surface area contributed by atoms with Gasteiger partial charge in [0.05, 0.1) is 16.4 Å². The molecule has 10 heteroatoms. The lowest BCUT2D eigenvalue weighted by molar-refractivity contribution is -0.138. The molecule has 1 aromatic carbocycles. The Hall–Kier alpha value is -2.88. The van der Waals surface area contributed by atoms with E-state index in [9.17, 15) is 27.6 Å². The van der Waals surface area contributed by atoms with E-state index >= 15 is 0 Å². The van der Waals surface area contributed by atoms with E-state index in [2.05, 4.69) is 0 Å². The van der Waals surface area contributed by atoms with Crippen molar-refractivity contribution in [1.82, 2.24) is 9.80 Å². The number of anilines is 1. The Labute approximate surface area is 180 Å². The first-order valence-electron chi connectivity index (χ1n) is 9.83. The standard InChI is InChI=1S/C21H20F3N3O3S/c22-21(23,24)15-3-1-4-16(12-15)27-13-14(11-18(27)28)19(29)25-6-8-26(9-7-25)20(30)17-5-2-10-31-17/h1-5,10,12,14H,6-9,11,13H2/t14-/m1/s1. The minimum absolute atomic E-state index is 0.0383. The topological polar surface area (TPSA) is 60.9 Å². The van der Waals surface area contributed by atoms with Gasteiger partial charge in [-0.1, -0.05) is 12.1 Å². The van der Waals surface area contributed by atoms with Gasteiger partial charge in [0, 0.05) is 44.8 Å². The van der Waals surface area contributed by atoms with Crippen molar-refractivity contribution in [3.63, 3.8) is 0 Å². The zero-order valence-corrected chi connectivity index (χ0v) is 17.3. The summed E-state index contributed by atoms with van der Waals surface area (Å²) < 4.78 is 39.0. The Morgan fingerprint density at radius 2 is 1.71 bits per heavy atom. The van der Waals surface area contributed by atoms with Crippen molar-refractivity contribution in [2.24, 2.45) is 5.92 Å². The Morgan fingerprint density at radius 3 is 2.35 bits per heavy atom. The molecule has 31 heavy (non-hydrogen) atoms. The normalized spacial score (nSPS) is 19.8. The van der Waals surface area contributed by atoms with Crippen LogP contribution in [0.1, 0.15) is 21.7 Å². The number of hydrogen-bond donors (Lipinski definition) is 0. The van der Waals surface area contributed by atoms with Crippen molar-refractivity contribution in [2.45, 2.75) is 12.6 Å². The van der Waals surface area contributed by atoms with Gasteiger partial charge in [-0.2, -0.15) is 13.2 Å². The van der Waals surface area contributed by atoms with Crippen LogP contribution < -0.4 is 4.90 Å². The number of carbonyl (C=O) groups excluding carboxylic acids is 3. The smallest absolute Gasteiger partial charge is 0.339 e. The maximum Gasteiger partial charge on any atom is 0.416 e. The monoisotopic (exact) mass is 451 g/mol. The predicted octanol–water partition coefficient (Wildman–Crippen LogP) is 3.10. The van der Waals surface area contributed by atoms with Crippen molar-refractivity contribution in [2.75, 3.05) is 37.6 Å². The van der Waals surface area contributed by atoms with E-state index < -0.39 is 17.7 Å². The van der Waals surface area contributed by atoms with Gasteiger partial charge in [-0.25, -0.2) is 0 Å². The maximum absolute atomic E-state index is 13.0. The summed E-state index contributed by atoms with van der Waals surface area (Å²) in [6.07, 6.45) is -4.54. The Morgan fingerprint density at radius 1 is 1.00 bits per heavy atom. The number of nitrogens with zero attached hydrogens (tertiary/aromatic N) is 3. The first-order chi connectivity index (χ1) is 14.7. The number of alkyl halides is 3. The Kier molecular flexibility index (Phi) is 5.74. The van der Waals surface area contributed by atoms with Crippen LogP contribution in [0.2, 0.25) is 0 Å². The quantitative estimate of drug-likeness (QED) is 0.721. The molecule has 2 aliphatic rings. The molecule has 0 unspecified atom stereocenters. The molecule has 0 bridgehead atoms. The van der Waals surface area contributed by atoms with E-state index in [1.807, 2.05) is 11.4 Å². The van der Waals surface area contributed by atoms with E-state index in [4.69, 9.17) is 0 Å². The van der Waals surface area contributed by atoms with Crippen LogP contribution in [0.15, 0.2) is 41.8 Å². The summed E-state index contributed by atoms with van der Waals surface area (Å²) >= 11 is 1.37. The highest BCUT2D eigenvalue weighted by Crippen LogP contribution is 2.33. The molecule has 0 aliphatic carbocycles. The molecular weight excluding hydrogens is 431 g/mol. The highest BCUT2D eigenvalue weighted by Gasteiger charge is 2.39. The van der Waals surface area contributed by atoms with Crippen LogP contribution in [0.25, 0.3) is 0 Å². The third-order valence-corrected chi connectivity index (χ3v) is 6.43. The lowest BCUT2D eigenvalue weighted by Gasteiger charge is -2.35. The number of amides is 3. The molecule has 3 heterocycles. The molecule has 3 amide bonds. The van der Waals surface area contributed by atoms with Gasteiger partial charge in [0.2, 0.25) is 11.8 Å². The molecular formula is C21H20F3N3O3S. The van der Waals surface area contributed by atoms with E-state index in [1.54, 1.807) is 15.9 Å². The highest BCUT2D eigenvalue weighted by atomic mass is 32.1. The molecule has 2 saturated heterocycles. The molecule has 0 saturated carbocycles. The Balaban J connectivity index is 1.37. The average molecular weight is 451 g/mol. The van der Waals surface area contributed by atoms with Gasteiger partial charge < -0.3 is 14.7 Å². The molecule has 2 fully saturated rings. The summed E-state index contributed by atoms with van der Waals surface area (Å²) in [6.45, 7) is 1.59. The number of benzene rings is 1. The largest absolute Gasteiger partial charge is 0.416 e. The molecule has 0 N–H and O–H groups in total. The lowest BCUT2D eigenvalue weighted by atomic mass is 10.1. The number of rotatable bonds is 3. The number of piperazine rings is 1. The van der Waals surface area contributed by atoms with Gasteiger partial charge in [0.25, 0.3) is 5.91 Å². The molecule has 2 aliphatic heterocycles. The maximum atomic E-state index is 13.0. The zero-order valence-electron chi connectivity index (χ0n) is 16.5. The van der Waals surface area contributed by atoms with Crippen LogP contribution in [0.3, 0.4) is 0 Å². The number of halogens is 3. The van der Waals surface area contributed by atoms with Crippen molar-refractivity contribution >= 4 is 34.7 Å². The second-order valence-electron chi connectivity index (χ2n) is 7.55. The first-order valence-corrected chi connectivity index (χ1v) is 10.7. The van der Waals surface area contributed by atoms with Crippen LogP contribution in [-0.4, -0.2) is 60.2 Å². The highest BCUT2D eigenvalue weighted by molar-refractivity contribution is 7.12. The van der Waals surface area contributed by atoms with Gasteiger partial charge in [-0.15, -0.1) is 11.3 Å². The molecule has 6 nitrogen and oxygen atoms in total. The van der Waals surface area contributed by atoms with E-state index in [0.29, 0.717) is 31.1 Å². The zero-order chi connectivity index (χ0) is 22.2. The van der Waals surface area contributed by atoms with Crippen molar-refractivity contribution in [1.29, 1.82) is 0 Å². The van der Waals surface area contributed by atoms with Crippen LogP contribution in [-0.2, 0) is 15.8 Å². The Bertz CT molecular complexity index is 985. The summed E-state index contributed by atoms with van der Waals surface area (Å²) in [7, 11) is 0. The number of thiophene rings is 1. The van der Waals surface area contributed by atoms with Gasteiger partial charge >= 0.3 is 6.18 Å². The second-order valence-corrected chi connectivity index (χ2v) is 8.50. The summed E-state index contributed by atoms with van der Waals surface area (Å²) in [5.41, 5.74) is -0.694. The number of carbonyl (C=O) groups is 3. The van der Waals surface area contributed by atoms with E-state index in [1.165, 1.54) is 28.4 Å².